The number of Topliss-reactive ketones (excluding diaryl/α,β-unsaturated/α-hetero) is 1. The molecule has 0 spiro atoms. The number of carbonyl (C=O) groups excluding carboxylic acids is 1. The normalized spacial score (nSPS) is 11.4. The zero-order valence-corrected chi connectivity index (χ0v) is 13.9. The third kappa shape index (κ3) is 3.88. The van der Waals surface area contributed by atoms with Crippen molar-refractivity contribution in [2.45, 2.75) is 20.0 Å². The number of aromatic nitrogens is 4. The van der Waals surface area contributed by atoms with Gasteiger partial charge in [0.25, 0.3) is 5.95 Å². The summed E-state index contributed by atoms with van der Waals surface area (Å²) in [6.45, 7) is 3.13. The molecular weight excluding hydrogens is 347 g/mol. The first kappa shape index (κ1) is 17.6. The molecule has 2 aromatic heterocycles. The number of carbonyl (C=O) groups is 1. The minimum Gasteiger partial charge on any atom is -0.340 e. The molecule has 0 aliphatic carbocycles. The van der Waals surface area contributed by atoms with Crippen LogP contribution in [0.1, 0.15) is 28.7 Å². The van der Waals surface area contributed by atoms with E-state index in [1.54, 1.807) is 19.2 Å². The lowest BCUT2D eigenvalue weighted by Gasteiger charge is -2.11. The van der Waals surface area contributed by atoms with Gasteiger partial charge in [0.2, 0.25) is 0 Å². The Balaban J connectivity index is 2.00. The molecule has 0 saturated heterocycles. The molecular formula is C17H14F3N5O. The van der Waals surface area contributed by atoms with E-state index in [0.29, 0.717) is 0 Å². The van der Waals surface area contributed by atoms with Gasteiger partial charge in [0.05, 0.1) is 11.3 Å². The molecule has 9 heteroatoms. The number of nitrogens with zero attached hydrogens (tertiary/aromatic N) is 4. The third-order valence-electron chi connectivity index (χ3n) is 3.46. The molecule has 0 fully saturated rings. The van der Waals surface area contributed by atoms with Crippen LogP contribution in [0.2, 0.25) is 0 Å². The maximum Gasteiger partial charge on any atom is 0.416 e. The largest absolute Gasteiger partial charge is 0.416 e. The van der Waals surface area contributed by atoms with E-state index in [0.717, 1.165) is 17.8 Å². The Morgan fingerprint density at radius 3 is 2.54 bits per heavy atom. The first-order valence-electron chi connectivity index (χ1n) is 7.59. The average Bonchev–Trinajstić information content (AvgIpc) is 3.00. The Kier molecular flexibility index (Phi) is 4.45. The quantitative estimate of drug-likeness (QED) is 0.713. The second kappa shape index (κ2) is 6.58. The molecule has 1 N–H and O–H groups in total. The van der Waals surface area contributed by atoms with Crippen LogP contribution >= 0.6 is 0 Å². The fourth-order valence-electron chi connectivity index (χ4n) is 2.23. The Morgan fingerprint density at radius 1 is 1.15 bits per heavy atom. The minimum atomic E-state index is -4.45. The van der Waals surface area contributed by atoms with Crippen LogP contribution in [0.4, 0.5) is 24.7 Å². The molecule has 0 bridgehead atoms. The molecule has 134 valence electrons. The predicted molar refractivity (Wildman–Crippen MR) is 88.6 cm³/mol. The third-order valence-corrected chi connectivity index (χ3v) is 3.46. The lowest BCUT2D eigenvalue weighted by atomic mass is 10.2. The Labute approximate surface area is 146 Å². The SMILES string of the molecule is CC(=O)c1cc(Nc2cccc(C(F)(F)F)c2)nc(-n2ccc(C)n2)n1. The number of anilines is 2. The topological polar surface area (TPSA) is 72.7 Å². The first-order chi connectivity index (χ1) is 12.2. The number of ketones is 1. The van der Waals surface area contributed by atoms with Gasteiger partial charge in [0.15, 0.2) is 5.78 Å². The molecule has 26 heavy (non-hydrogen) atoms. The second-order valence-corrected chi connectivity index (χ2v) is 5.60. The van der Waals surface area contributed by atoms with Gasteiger partial charge in [-0.2, -0.15) is 23.3 Å². The van der Waals surface area contributed by atoms with Crippen molar-refractivity contribution in [3.63, 3.8) is 0 Å². The smallest absolute Gasteiger partial charge is 0.340 e. The van der Waals surface area contributed by atoms with Gasteiger partial charge in [-0.05, 0) is 31.2 Å². The summed E-state index contributed by atoms with van der Waals surface area (Å²) in [7, 11) is 0. The van der Waals surface area contributed by atoms with Crippen molar-refractivity contribution < 1.29 is 18.0 Å². The summed E-state index contributed by atoms with van der Waals surface area (Å²) in [6, 6.07) is 7.82. The van der Waals surface area contributed by atoms with Crippen molar-refractivity contribution in [3.8, 4) is 5.95 Å². The van der Waals surface area contributed by atoms with Crippen LogP contribution in [0.3, 0.4) is 0 Å². The molecule has 0 aliphatic rings. The van der Waals surface area contributed by atoms with Crippen LogP contribution in [0.5, 0.6) is 0 Å². The highest BCUT2D eigenvalue weighted by Crippen LogP contribution is 2.31. The number of halogens is 3. The molecule has 0 atom stereocenters. The zero-order chi connectivity index (χ0) is 18.9. The summed E-state index contributed by atoms with van der Waals surface area (Å²) in [5, 5.41) is 6.96. The van der Waals surface area contributed by atoms with E-state index in [9.17, 15) is 18.0 Å². The summed E-state index contributed by atoms with van der Waals surface area (Å²) in [6.07, 6.45) is -2.83. The van der Waals surface area contributed by atoms with Crippen molar-refractivity contribution in [1.29, 1.82) is 0 Å². The van der Waals surface area contributed by atoms with Crippen LogP contribution < -0.4 is 5.32 Å². The summed E-state index contributed by atoms with van der Waals surface area (Å²) in [5.74, 6) is 0.0255. The lowest BCUT2D eigenvalue weighted by molar-refractivity contribution is -0.137. The Morgan fingerprint density at radius 2 is 1.92 bits per heavy atom. The fraction of sp³-hybridized carbons (Fsp3) is 0.176. The molecule has 0 amide bonds. The van der Waals surface area contributed by atoms with Gasteiger partial charge in [0, 0.05) is 24.9 Å². The lowest BCUT2D eigenvalue weighted by Crippen LogP contribution is -2.10. The van der Waals surface area contributed by atoms with Crippen LogP contribution in [-0.4, -0.2) is 25.5 Å². The van der Waals surface area contributed by atoms with Crippen LogP contribution in [0.25, 0.3) is 5.95 Å². The van der Waals surface area contributed by atoms with Gasteiger partial charge in [-0.1, -0.05) is 6.07 Å². The van der Waals surface area contributed by atoms with Crippen molar-refractivity contribution in [2.75, 3.05) is 5.32 Å². The Bertz CT molecular complexity index is 965. The highest BCUT2D eigenvalue weighted by atomic mass is 19.4. The van der Waals surface area contributed by atoms with Gasteiger partial charge >= 0.3 is 6.18 Å². The minimum absolute atomic E-state index is 0.123. The van der Waals surface area contributed by atoms with Crippen molar-refractivity contribution in [2.24, 2.45) is 0 Å². The number of nitrogens with one attached hydrogen (secondary N) is 1. The maximum absolute atomic E-state index is 12.9. The highest BCUT2D eigenvalue weighted by molar-refractivity contribution is 5.93. The first-order valence-corrected chi connectivity index (χ1v) is 7.59. The van der Waals surface area contributed by atoms with Gasteiger partial charge in [-0.3, -0.25) is 4.79 Å². The van der Waals surface area contributed by atoms with Gasteiger partial charge < -0.3 is 5.32 Å². The molecule has 3 aromatic rings. The molecule has 3 rings (SSSR count). The van der Waals surface area contributed by atoms with Crippen LogP contribution in [0.15, 0.2) is 42.6 Å². The molecule has 1 aromatic carbocycles. The average molecular weight is 361 g/mol. The van der Waals surface area contributed by atoms with Crippen molar-refractivity contribution in [3.05, 3.63) is 59.5 Å². The second-order valence-electron chi connectivity index (χ2n) is 5.60. The van der Waals surface area contributed by atoms with Gasteiger partial charge in [-0.25, -0.2) is 9.67 Å². The van der Waals surface area contributed by atoms with E-state index >= 15 is 0 Å². The summed E-state index contributed by atoms with van der Waals surface area (Å²) in [4.78, 5) is 20.1. The van der Waals surface area contributed by atoms with Gasteiger partial charge in [-0.15, -0.1) is 0 Å². The van der Waals surface area contributed by atoms with E-state index in [-0.39, 0.29) is 28.9 Å². The summed E-state index contributed by atoms with van der Waals surface area (Å²) in [5.41, 5.74) is 0.258. The molecule has 2 heterocycles. The zero-order valence-electron chi connectivity index (χ0n) is 13.9. The van der Waals surface area contributed by atoms with E-state index in [1.807, 2.05) is 0 Å². The molecule has 0 unspecified atom stereocenters. The van der Waals surface area contributed by atoms with E-state index in [1.165, 1.54) is 29.8 Å². The van der Waals surface area contributed by atoms with Crippen molar-refractivity contribution in [1.82, 2.24) is 19.7 Å². The number of alkyl halides is 3. The standard InChI is InChI=1S/C17H14F3N5O/c1-10-6-7-25(24-10)16-22-14(11(2)26)9-15(23-16)21-13-5-3-4-12(8-13)17(18,19)20/h3-9H,1-2H3,(H,21,22,23). The predicted octanol–water partition coefficient (Wildman–Crippen LogP) is 3.94. The number of aryl methyl sites for hydroxylation is 1. The van der Waals surface area contributed by atoms with Crippen LogP contribution in [0, 0.1) is 6.92 Å². The number of rotatable bonds is 4. The number of benzene rings is 1. The molecule has 0 aliphatic heterocycles. The van der Waals surface area contributed by atoms with E-state index in [4.69, 9.17) is 0 Å². The monoisotopic (exact) mass is 361 g/mol. The van der Waals surface area contributed by atoms with E-state index in [2.05, 4.69) is 20.4 Å². The Hall–Kier alpha value is -3.23. The molecule has 0 radical (unpaired) electrons. The molecule has 6 nitrogen and oxygen atoms in total. The number of hydrogen-bond donors (Lipinski definition) is 1. The molecule has 0 saturated carbocycles. The highest BCUT2D eigenvalue weighted by Gasteiger charge is 2.30. The van der Waals surface area contributed by atoms with E-state index < -0.39 is 11.7 Å². The van der Waals surface area contributed by atoms with Crippen molar-refractivity contribution >= 4 is 17.3 Å². The summed E-state index contributed by atoms with van der Waals surface area (Å²) < 4.78 is 40.0. The number of hydrogen-bond acceptors (Lipinski definition) is 5. The fourth-order valence-corrected chi connectivity index (χ4v) is 2.23. The maximum atomic E-state index is 12.9. The van der Waals surface area contributed by atoms with Crippen LogP contribution in [-0.2, 0) is 6.18 Å². The summed E-state index contributed by atoms with van der Waals surface area (Å²) >= 11 is 0. The van der Waals surface area contributed by atoms with Gasteiger partial charge in [0.1, 0.15) is 11.5 Å².